The summed E-state index contributed by atoms with van der Waals surface area (Å²) in [5, 5.41) is 3.17. The van der Waals surface area contributed by atoms with Crippen LogP contribution in [0.2, 0.25) is 0 Å². The molecule has 9 heavy (non-hydrogen) atoms. The van der Waals surface area contributed by atoms with Crippen molar-refractivity contribution in [3.63, 3.8) is 0 Å². The van der Waals surface area contributed by atoms with Gasteiger partial charge in [-0.05, 0) is 25.3 Å². The molecule has 3 N–H and O–H groups in total. The first-order valence-electron chi connectivity index (χ1n) is 3.84. The second-order valence-electron chi connectivity index (χ2n) is 2.81. The molecule has 54 valence electrons. The number of rotatable bonds is 3. The summed E-state index contributed by atoms with van der Waals surface area (Å²) in [6.07, 6.45) is 5.67. The molecule has 1 aliphatic rings. The van der Waals surface area contributed by atoms with E-state index in [0.717, 1.165) is 12.5 Å². The topological polar surface area (TPSA) is 38.0 Å². The quantitative estimate of drug-likeness (QED) is 0.549. The van der Waals surface area contributed by atoms with Crippen LogP contribution in [0.5, 0.6) is 0 Å². The Balaban J connectivity index is 1.98. The molecule has 0 aromatic heterocycles. The SMILES string of the molecule is NCNCC1CCCC1. The van der Waals surface area contributed by atoms with E-state index in [9.17, 15) is 0 Å². The summed E-state index contributed by atoms with van der Waals surface area (Å²) in [7, 11) is 0. The molecule has 1 saturated carbocycles. The fourth-order valence-electron chi connectivity index (χ4n) is 1.50. The van der Waals surface area contributed by atoms with E-state index < -0.39 is 0 Å². The monoisotopic (exact) mass is 128 g/mol. The van der Waals surface area contributed by atoms with Gasteiger partial charge < -0.3 is 11.1 Å². The molecule has 0 aliphatic heterocycles. The van der Waals surface area contributed by atoms with E-state index in [2.05, 4.69) is 5.32 Å². The first-order chi connectivity index (χ1) is 4.43. The normalized spacial score (nSPS) is 21.0. The van der Waals surface area contributed by atoms with Crippen LogP contribution in [0.4, 0.5) is 0 Å². The van der Waals surface area contributed by atoms with Gasteiger partial charge in [0.2, 0.25) is 0 Å². The molecule has 0 bridgehead atoms. The number of nitrogens with two attached hydrogens (primary N) is 1. The molecule has 1 fully saturated rings. The summed E-state index contributed by atoms with van der Waals surface area (Å²) in [6, 6.07) is 0. The summed E-state index contributed by atoms with van der Waals surface area (Å²) in [6.45, 7) is 1.77. The van der Waals surface area contributed by atoms with Gasteiger partial charge in [-0.1, -0.05) is 12.8 Å². The van der Waals surface area contributed by atoms with Crippen molar-refractivity contribution in [1.29, 1.82) is 0 Å². The van der Waals surface area contributed by atoms with E-state index in [-0.39, 0.29) is 0 Å². The lowest BCUT2D eigenvalue weighted by Gasteiger charge is -2.07. The lowest BCUT2D eigenvalue weighted by Crippen LogP contribution is -2.27. The molecule has 1 aliphatic carbocycles. The average Bonchev–Trinajstić information content (AvgIpc) is 2.34. The van der Waals surface area contributed by atoms with Crippen LogP contribution >= 0.6 is 0 Å². The summed E-state index contributed by atoms with van der Waals surface area (Å²) >= 11 is 0. The molecule has 0 aromatic rings. The van der Waals surface area contributed by atoms with Crippen LogP contribution in [-0.2, 0) is 0 Å². The predicted molar refractivity (Wildman–Crippen MR) is 39.0 cm³/mol. The molecule has 2 nitrogen and oxygen atoms in total. The summed E-state index contributed by atoms with van der Waals surface area (Å²) in [5.41, 5.74) is 5.30. The maximum Gasteiger partial charge on any atom is 0.0428 e. The van der Waals surface area contributed by atoms with Crippen molar-refractivity contribution in [3.8, 4) is 0 Å². The van der Waals surface area contributed by atoms with Crippen LogP contribution in [0.25, 0.3) is 0 Å². The van der Waals surface area contributed by atoms with Gasteiger partial charge in [-0.3, -0.25) is 0 Å². The van der Waals surface area contributed by atoms with Crippen molar-refractivity contribution in [2.45, 2.75) is 25.7 Å². The van der Waals surface area contributed by atoms with Crippen LogP contribution in [0.15, 0.2) is 0 Å². The molecule has 0 amide bonds. The van der Waals surface area contributed by atoms with E-state index >= 15 is 0 Å². The van der Waals surface area contributed by atoms with Crippen LogP contribution < -0.4 is 11.1 Å². The van der Waals surface area contributed by atoms with Gasteiger partial charge in [-0.2, -0.15) is 0 Å². The third-order valence-corrected chi connectivity index (χ3v) is 2.05. The van der Waals surface area contributed by atoms with E-state index in [1.807, 2.05) is 0 Å². The van der Waals surface area contributed by atoms with E-state index in [4.69, 9.17) is 5.73 Å². The van der Waals surface area contributed by atoms with Crippen molar-refractivity contribution in [2.24, 2.45) is 11.7 Å². The molecular weight excluding hydrogens is 112 g/mol. The first kappa shape index (κ1) is 7.03. The smallest absolute Gasteiger partial charge is 0.0428 e. The Morgan fingerprint density at radius 1 is 1.33 bits per heavy atom. The van der Waals surface area contributed by atoms with Gasteiger partial charge >= 0.3 is 0 Å². The third kappa shape index (κ3) is 2.33. The Morgan fingerprint density at radius 2 is 2.00 bits per heavy atom. The van der Waals surface area contributed by atoms with Gasteiger partial charge in [0.15, 0.2) is 0 Å². The van der Waals surface area contributed by atoms with Crippen molar-refractivity contribution in [1.82, 2.24) is 5.32 Å². The number of hydrogen-bond acceptors (Lipinski definition) is 2. The van der Waals surface area contributed by atoms with Crippen molar-refractivity contribution < 1.29 is 0 Å². The number of nitrogens with one attached hydrogen (secondary N) is 1. The van der Waals surface area contributed by atoms with Crippen molar-refractivity contribution >= 4 is 0 Å². The maximum absolute atomic E-state index is 5.30. The predicted octanol–water partition coefficient (Wildman–Crippen LogP) is 0.682. The Labute approximate surface area is 56.8 Å². The Kier molecular flexibility index (Phi) is 3.01. The molecule has 0 unspecified atom stereocenters. The standard InChI is InChI=1S/C7H16N2/c8-6-9-5-7-3-1-2-4-7/h7,9H,1-6,8H2. The van der Waals surface area contributed by atoms with E-state index in [1.54, 1.807) is 0 Å². The zero-order chi connectivity index (χ0) is 6.53. The zero-order valence-electron chi connectivity index (χ0n) is 5.90. The van der Waals surface area contributed by atoms with Crippen molar-refractivity contribution in [3.05, 3.63) is 0 Å². The lowest BCUT2D eigenvalue weighted by molar-refractivity contribution is 0.495. The van der Waals surface area contributed by atoms with Gasteiger partial charge in [0.25, 0.3) is 0 Å². The molecule has 0 spiro atoms. The van der Waals surface area contributed by atoms with Gasteiger partial charge in [-0.15, -0.1) is 0 Å². The van der Waals surface area contributed by atoms with Crippen LogP contribution in [0.3, 0.4) is 0 Å². The van der Waals surface area contributed by atoms with Crippen LogP contribution in [-0.4, -0.2) is 13.2 Å². The average molecular weight is 128 g/mol. The summed E-state index contributed by atoms with van der Waals surface area (Å²) in [4.78, 5) is 0. The molecule has 0 heterocycles. The molecule has 0 aromatic carbocycles. The molecule has 1 rings (SSSR count). The number of hydrogen-bond donors (Lipinski definition) is 2. The molecule has 2 heteroatoms. The lowest BCUT2D eigenvalue weighted by atomic mass is 10.1. The van der Waals surface area contributed by atoms with Crippen LogP contribution in [0.1, 0.15) is 25.7 Å². The van der Waals surface area contributed by atoms with Gasteiger partial charge in [0, 0.05) is 6.67 Å². The fourth-order valence-corrected chi connectivity index (χ4v) is 1.50. The first-order valence-corrected chi connectivity index (χ1v) is 3.84. The minimum absolute atomic E-state index is 0.635. The van der Waals surface area contributed by atoms with Gasteiger partial charge in [-0.25, -0.2) is 0 Å². The molecular formula is C7H16N2. The zero-order valence-corrected chi connectivity index (χ0v) is 5.90. The Morgan fingerprint density at radius 3 is 2.56 bits per heavy atom. The second kappa shape index (κ2) is 3.85. The van der Waals surface area contributed by atoms with Gasteiger partial charge in [0.05, 0.1) is 0 Å². The summed E-state index contributed by atoms with van der Waals surface area (Å²) < 4.78 is 0. The minimum atomic E-state index is 0.635. The van der Waals surface area contributed by atoms with Gasteiger partial charge in [0.1, 0.15) is 0 Å². The fraction of sp³-hybridized carbons (Fsp3) is 1.00. The highest BCUT2D eigenvalue weighted by Crippen LogP contribution is 2.23. The maximum atomic E-state index is 5.30. The largest absolute Gasteiger partial charge is 0.318 e. The van der Waals surface area contributed by atoms with E-state index in [0.29, 0.717) is 6.67 Å². The Hall–Kier alpha value is -0.0800. The van der Waals surface area contributed by atoms with Crippen molar-refractivity contribution in [2.75, 3.05) is 13.2 Å². The highest BCUT2D eigenvalue weighted by molar-refractivity contribution is 4.68. The highest BCUT2D eigenvalue weighted by atomic mass is 14.9. The van der Waals surface area contributed by atoms with E-state index in [1.165, 1.54) is 25.7 Å². The summed E-state index contributed by atoms with van der Waals surface area (Å²) in [5.74, 6) is 0.925. The molecule has 0 atom stereocenters. The second-order valence-corrected chi connectivity index (χ2v) is 2.81. The molecule has 0 saturated heterocycles. The van der Waals surface area contributed by atoms with Crippen LogP contribution in [0, 0.1) is 5.92 Å². The minimum Gasteiger partial charge on any atom is -0.318 e. The highest BCUT2D eigenvalue weighted by Gasteiger charge is 2.13. The molecule has 0 radical (unpaired) electrons. The third-order valence-electron chi connectivity index (χ3n) is 2.05. The Bertz CT molecular complexity index is 67.3.